The van der Waals surface area contributed by atoms with Gasteiger partial charge in [-0.05, 0) is 18.2 Å². The third kappa shape index (κ3) is 5.83. The van der Waals surface area contributed by atoms with Crippen LogP contribution < -0.4 is 10.6 Å². The third-order valence-corrected chi connectivity index (χ3v) is 6.36. The fraction of sp³-hybridized carbons (Fsp3) is 0.280. The van der Waals surface area contributed by atoms with Crippen molar-refractivity contribution in [1.82, 2.24) is 30.2 Å². The third-order valence-electron chi connectivity index (χ3n) is 6.36. The van der Waals surface area contributed by atoms with Gasteiger partial charge in [0.2, 0.25) is 0 Å². The molecule has 16 heteroatoms. The zero-order valence-corrected chi connectivity index (χ0v) is 20.7. The molecule has 1 amide bonds. The lowest BCUT2D eigenvalue weighted by atomic mass is 10.1. The molecule has 1 saturated heterocycles. The molecule has 8 nitrogen and oxygen atoms in total. The number of fused-ring (bicyclic) bond motifs is 1. The van der Waals surface area contributed by atoms with Gasteiger partial charge in [0.15, 0.2) is 11.4 Å². The second kappa shape index (κ2) is 10.7. The number of nitrogens with zero attached hydrogens (tertiary/aromatic N) is 5. The number of carbonyl (C=O) groups is 1. The summed E-state index contributed by atoms with van der Waals surface area (Å²) in [4.78, 5) is 18.7. The van der Waals surface area contributed by atoms with Crippen molar-refractivity contribution in [1.29, 1.82) is 0 Å². The van der Waals surface area contributed by atoms with Gasteiger partial charge in [0.25, 0.3) is 5.91 Å². The molecule has 0 saturated carbocycles. The van der Waals surface area contributed by atoms with Crippen LogP contribution in [-0.4, -0.2) is 57.0 Å². The summed E-state index contributed by atoms with van der Waals surface area (Å²) in [5.41, 5.74) is -5.74. The molecule has 4 aromatic rings. The largest absolute Gasteiger partial charge is 0.435 e. The summed E-state index contributed by atoms with van der Waals surface area (Å²) in [6, 6.07) is 6.25. The number of halogens is 8. The van der Waals surface area contributed by atoms with E-state index in [-0.39, 0.29) is 27.7 Å². The number of aromatic nitrogens is 4. The normalized spacial score (nSPS) is 14.9. The van der Waals surface area contributed by atoms with Crippen LogP contribution in [0.5, 0.6) is 0 Å². The second-order valence-electron chi connectivity index (χ2n) is 9.14. The predicted molar refractivity (Wildman–Crippen MR) is 129 cm³/mol. The van der Waals surface area contributed by atoms with Gasteiger partial charge in [-0.15, -0.1) is 5.10 Å². The van der Waals surface area contributed by atoms with Crippen molar-refractivity contribution < 1.29 is 39.9 Å². The molecule has 216 valence electrons. The number of amides is 1. The zero-order chi connectivity index (χ0) is 29.5. The average Bonchev–Trinajstić information content (AvgIpc) is 3.36. The number of anilines is 1. The van der Waals surface area contributed by atoms with E-state index in [2.05, 4.69) is 20.6 Å². The number of alkyl halides is 6. The smallest absolute Gasteiger partial charge is 0.314 e. The number of hydrogen-bond donors (Lipinski definition) is 2. The molecule has 41 heavy (non-hydrogen) atoms. The standard InChI is InChI=1S/C25H19F8N7O/c26-16-10-18-14(9-13(16)12-39-7-5-34-6-8-39)17(27)11-20(35-18)36-23(41)21-22(25(31,32)33)40(38-37-21)19-4-2-1-3-15(19)24(28,29)30/h1-4,9-11,34H,5-8,12H2,(H,35,36,41). The number of pyridine rings is 1. The van der Waals surface area contributed by atoms with Gasteiger partial charge in [-0.25, -0.2) is 18.4 Å². The Morgan fingerprint density at radius 3 is 2.34 bits per heavy atom. The molecular formula is C25H19F8N7O. The molecule has 0 atom stereocenters. The lowest BCUT2D eigenvalue weighted by Crippen LogP contribution is -2.43. The topological polar surface area (TPSA) is 88.0 Å². The maximum atomic E-state index is 15.0. The maximum absolute atomic E-state index is 15.0. The first-order valence-electron chi connectivity index (χ1n) is 12.1. The van der Waals surface area contributed by atoms with Gasteiger partial charge in [0.1, 0.15) is 17.5 Å². The van der Waals surface area contributed by atoms with Gasteiger partial charge >= 0.3 is 12.4 Å². The number of hydrogen-bond acceptors (Lipinski definition) is 6. The van der Waals surface area contributed by atoms with Crippen molar-refractivity contribution in [2.45, 2.75) is 18.9 Å². The summed E-state index contributed by atoms with van der Waals surface area (Å²) < 4.78 is 112. The van der Waals surface area contributed by atoms with E-state index in [4.69, 9.17) is 0 Å². The highest BCUT2D eigenvalue weighted by molar-refractivity contribution is 6.03. The number of piperazine rings is 1. The van der Waals surface area contributed by atoms with E-state index in [1.165, 1.54) is 6.07 Å². The molecule has 0 bridgehead atoms. The van der Waals surface area contributed by atoms with Crippen molar-refractivity contribution in [3.8, 4) is 5.69 Å². The van der Waals surface area contributed by atoms with E-state index in [0.29, 0.717) is 32.2 Å². The summed E-state index contributed by atoms with van der Waals surface area (Å²) in [7, 11) is 0. The van der Waals surface area contributed by atoms with Crippen LogP contribution in [0.4, 0.5) is 40.9 Å². The van der Waals surface area contributed by atoms with Crippen LogP contribution in [0, 0.1) is 11.6 Å². The summed E-state index contributed by atoms with van der Waals surface area (Å²) in [6.45, 7) is 2.97. The minimum absolute atomic E-state index is 0.0831. The van der Waals surface area contributed by atoms with Crippen LogP contribution in [0.2, 0.25) is 0 Å². The van der Waals surface area contributed by atoms with Gasteiger partial charge < -0.3 is 10.6 Å². The first-order chi connectivity index (χ1) is 19.3. The van der Waals surface area contributed by atoms with Crippen LogP contribution in [-0.2, 0) is 18.9 Å². The van der Waals surface area contributed by atoms with Gasteiger partial charge in [-0.1, -0.05) is 17.3 Å². The van der Waals surface area contributed by atoms with Crippen molar-refractivity contribution in [3.63, 3.8) is 0 Å². The summed E-state index contributed by atoms with van der Waals surface area (Å²) in [5.74, 6) is -3.79. The molecule has 2 aromatic carbocycles. The fourth-order valence-corrected chi connectivity index (χ4v) is 4.48. The van der Waals surface area contributed by atoms with Crippen LogP contribution >= 0.6 is 0 Å². The zero-order valence-electron chi connectivity index (χ0n) is 20.7. The van der Waals surface area contributed by atoms with Crippen molar-refractivity contribution in [2.24, 2.45) is 0 Å². The average molecular weight is 585 g/mol. The van der Waals surface area contributed by atoms with Gasteiger partial charge in [0, 0.05) is 55.8 Å². The highest BCUT2D eigenvalue weighted by Crippen LogP contribution is 2.38. The molecule has 0 unspecified atom stereocenters. The van der Waals surface area contributed by atoms with E-state index in [1.807, 2.05) is 10.2 Å². The molecule has 1 aliphatic heterocycles. The molecule has 2 aromatic heterocycles. The number of nitrogens with one attached hydrogen (secondary N) is 2. The number of para-hydroxylation sites is 1. The second-order valence-corrected chi connectivity index (χ2v) is 9.14. The molecule has 2 N–H and O–H groups in total. The Labute approximate surface area is 226 Å². The van der Waals surface area contributed by atoms with Crippen LogP contribution in [0.3, 0.4) is 0 Å². The minimum Gasteiger partial charge on any atom is -0.314 e. The molecule has 1 fully saturated rings. The predicted octanol–water partition coefficient (Wildman–Crippen LogP) is 4.79. The molecule has 1 aliphatic rings. The maximum Gasteiger partial charge on any atom is 0.435 e. The van der Waals surface area contributed by atoms with Crippen molar-refractivity contribution in [2.75, 3.05) is 31.5 Å². The monoisotopic (exact) mass is 585 g/mol. The van der Waals surface area contributed by atoms with E-state index in [1.54, 1.807) is 0 Å². The Kier molecular flexibility index (Phi) is 7.37. The minimum atomic E-state index is -5.37. The van der Waals surface area contributed by atoms with Gasteiger partial charge in [-0.2, -0.15) is 26.3 Å². The molecule has 0 radical (unpaired) electrons. The number of carbonyl (C=O) groups excluding carboxylic acids is 1. The Morgan fingerprint density at radius 1 is 0.951 bits per heavy atom. The van der Waals surface area contributed by atoms with Crippen LogP contribution in [0.1, 0.15) is 27.3 Å². The first kappa shape index (κ1) is 28.4. The van der Waals surface area contributed by atoms with Crippen molar-refractivity contribution >= 4 is 22.6 Å². The fourth-order valence-electron chi connectivity index (χ4n) is 4.48. The van der Waals surface area contributed by atoms with Gasteiger partial charge in [-0.3, -0.25) is 9.69 Å². The van der Waals surface area contributed by atoms with E-state index >= 15 is 0 Å². The lowest BCUT2D eigenvalue weighted by Gasteiger charge is -2.27. The van der Waals surface area contributed by atoms with Gasteiger partial charge in [0.05, 0.1) is 16.8 Å². The highest BCUT2D eigenvalue weighted by atomic mass is 19.4. The molecule has 5 rings (SSSR count). The Hall–Kier alpha value is -4.18. The number of rotatable bonds is 5. The SMILES string of the molecule is O=C(Nc1cc(F)c2cc(CN3CCNCC3)c(F)cc2n1)c1nnn(-c2ccccc2C(F)(F)F)c1C(F)(F)F. The van der Waals surface area contributed by atoms with Crippen molar-refractivity contribution in [3.05, 3.63) is 76.6 Å². The lowest BCUT2D eigenvalue weighted by molar-refractivity contribution is -0.145. The Balaban J connectivity index is 1.47. The Morgan fingerprint density at radius 2 is 1.66 bits per heavy atom. The summed E-state index contributed by atoms with van der Waals surface area (Å²) >= 11 is 0. The summed E-state index contributed by atoms with van der Waals surface area (Å²) in [5, 5.41) is 11.4. The molecular weight excluding hydrogens is 566 g/mol. The van der Waals surface area contributed by atoms with E-state index in [9.17, 15) is 39.9 Å². The quantitative estimate of drug-likeness (QED) is 0.328. The Bertz CT molecular complexity index is 1610. The van der Waals surface area contributed by atoms with E-state index in [0.717, 1.165) is 30.3 Å². The van der Waals surface area contributed by atoms with E-state index < -0.39 is 58.4 Å². The van der Waals surface area contributed by atoms with Crippen LogP contribution in [0.15, 0.2) is 42.5 Å². The molecule has 0 spiro atoms. The number of benzene rings is 2. The molecule has 3 heterocycles. The highest BCUT2D eigenvalue weighted by Gasteiger charge is 2.44. The first-order valence-corrected chi connectivity index (χ1v) is 12.1. The summed E-state index contributed by atoms with van der Waals surface area (Å²) in [6.07, 6.45) is -10.4. The van der Waals surface area contributed by atoms with Crippen LogP contribution in [0.25, 0.3) is 16.6 Å². The molecule has 0 aliphatic carbocycles.